The van der Waals surface area contributed by atoms with Gasteiger partial charge >= 0.3 is 0 Å². The average Bonchev–Trinajstić information content (AvgIpc) is 2.82. The van der Waals surface area contributed by atoms with Gasteiger partial charge in [0.15, 0.2) is 5.82 Å². The van der Waals surface area contributed by atoms with E-state index in [4.69, 9.17) is 0 Å². The summed E-state index contributed by atoms with van der Waals surface area (Å²) in [6.07, 6.45) is 1.94. The van der Waals surface area contributed by atoms with Crippen molar-refractivity contribution < 1.29 is 0 Å². The molecule has 1 aromatic heterocycles. The van der Waals surface area contributed by atoms with E-state index in [1.807, 2.05) is 10.7 Å². The van der Waals surface area contributed by atoms with Gasteiger partial charge in [-0.3, -0.25) is 0 Å². The molecule has 4 nitrogen and oxygen atoms in total. The molecule has 3 rings (SSSR count). The third-order valence-corrected chi connectivity index (χ3v) is 3.17. The van der Waals surface area contributed by atoms with Crippen molar-refractivity contribution in [2.24, 2.45) is 0 Å². The molecular weight excluding hydrogens is 212 g/mol. The van der Waals surface area contributed by atoms with Crippen LogP contribution in [0.3, 0.4) is 0 Å². The number of nitrogens with one attached hydrogen (secondary N) is 1. The van der Waals surface area contributed by atoms with Crippen molar-refractivity contribution in [3.63, 3.8) is 0 Å². The predicted molar refractivity (Wildman–Crippen MR) is 67.1 cm³/mol. The summed E-state index contributed by atoms with van der Waals surface area (Å²) < 4.78 is 2.03. The number of fused-ring (bicyclic) bond motifs is 1. The summed E-state index contributed by atoms with van der Waals surface area (Å²) in [6, 6.07) is 10.8. The molecule has 0 spiro atoms. The highest BCUT2D eigenvalue weighted by Crippen LogP contribution is 2.27. The Labute approximate surface area is 101 Å². The number of aromatic nitrogens is 3. The maximum atomic E-state index is 4.57. The Morgan fingerprint density at radius 2 is 2.18 bits per heavy atom. The van der Waals surface area contributed by atoms with Crippen LogP contribution in [0.1, 0.15) is 30.8 Å². The smallest absolute Gasteiger partial charge is 0.221 e. The van der Waals surface area contributed by atoms with Crippen molar-refractivity contribution >= 4 is 5.95 Å². The maximum absolute atomic E-state index is 4.57. The second kappa shape index (κ2) is 4.20. The Hall–Kier alpha value is -1.84. The van der Waals surface area contributed by atoms with E-state index in [1.165, 1.54) is 5.56 Å². The molecule has 0 radical (unpaired) electrons. The van der Waals surface area contributed by atoms with Gasteiger partial charge in [0.2, 0.25) is 5.95 Å². The molecule has 88 valence electrons. The van der Waals surface area contributed by atoms with E-state index in [-0.39, 0.29) is 0 Å². The van der Waals surface area contributed by atoms with Crippen LogP contribution < -0.4 is 5.32 Å². The molecule has 2 aromatic rings. The van der Waals surface area contributed by atoms with E-state index in [1.54, 1.807) is 0 Å². The molecule has 0 fully saturated rings. The van der Waals surface area contributed by atoms with Crippen molar-refractivity contribution in [2.75, 3.05) is 11.9 Å². The van der Waals surface area contributed by atoms with Gasteiger partial charge in [-0.25, -0.2) is 4.68 Å². The number of hydrogen-bond donors (Lipinski definition) is 1. The van der Waals surface area contributed by atoms with Gasteiger partial charge in [0.25, 0.3) is 0 Å². The number of benzene rings is 1. The van der Waals surface area contributed by atoms with Crippen LogP contribution in [0.25, 0.3) is 0 Å². The molecule has 0 bridgehead atoms. The molecule has 1 atom stereocenters. The zero-order chi connectivity index (χ0) is 11.7. The second-order valence-corrected chi connectivity index (χ2v) is 4.29. The van der Waals surface area contributed by atoms with Crippen LogP contribution in [-0.4, -0.2) is 21.3 Å². The number of rotatable bonds is 2. The molecule has 1 aliphatic heterocycles. The van der Waals surface area contributed by atoms with Gasteiger partial charge < -0.3 is 5.32 Å². The Kier molecular flexibility index (Phi) is 2.55. The molecule has 2 heterocycles. The number of aryl methyl sites for hydroxylation is 1. The van der Waals surface area contributed by atoms with Gasteiger partial charge in [-0.1, -0.05) is 37.3 Å². The van der Waals surface area contributed by atoms with Crippen LogP contribution in [0.5, 0.6) is 0 Å². The summed E-state index contributed by atoms with van der Waals surface area (Å²) >= 11 is 0. The van der Waals surface area contributed by atoms with Gasteiger partial charge in [0, 0.05) is 13.0 Å². The summed E-state index contributed by atoms with van der Waals surface area (Å²) in [4.78, 5) is 4.49. The summed E-state index contributed by atoms with van der Waals surface area (Å²) in [5.41, 5.74) is 1.31. The fourth-order valence-corrected chi connectivity index (χ4v) is 2.28. The van der Waals surface area contributed by atoms with Crippen LogP contribution >= 0.6 is 0 Å². The van der Waals surface area contributed by atoms with Crippen molar-refractivity contribution in [3.8, 4) is 0 Å². The fourth-order valence-electron chi connectivity index (χ4n) is 2.28. The highest BCUT2D eigenvalue weighted by atomic mass is 15.4. The van der Waals surface area contributed by atoms with Gasteiger partial charge in [-0.05, 0) is 12.0 Å². The quantitative estimate of drug-likeness (QED) is 0.857. The fraction of sp³-hybridized carbons (Fsp3) is 0.385. The first-order valence-electron chi connectivity index (χ1n) is 6.12. The monoisotopic (exact) mass is 228 g/mol. The van der Waals surface area contributed by atoms with Crippen molar-refractivity contribution in [1.82, 2.24) is 14.8 Å². The van der Waals surface area contributed by atoms with E-state index >= 15 is 0 Å². The SMILES string of the molecule is CCc1nc2n(n1)C(c1ccccc1)CCN2. The molecule has 1 unspecified atom stereocenters. The van der Waals surface area contributed by atoms with Crippen LogP contribution in [0.2, 0.25) is 0 Å². The lowest BCUT2D eigenvalue weighted by molar-refractivity contribution is 0.477. The highest BCUT2D eigenvalue weighted by molar-refractivity contribution is 5.32. The lowest BCUT2D eigenvalue weighted by Crippen LogP contribution is -2.24. The highest BCUT2D eigenvalue weighted by Gasteiger charge is 2.23. The van der Waals surface area contributed by atoms with E-state index in [2.05, 4.69) is 46.6 Å². The largest absolute Gasteiger partial charge is 0.354 e. The summed E-state index contributed by atoms with van der Waals surface area (Å²) in [7, 11) is 0. The zero-order valence-electron chi connectivity index (χ0n) is 9.93. The molecule has 0 amide bonds. The summed E-state index contributed by atoms with van der Waals surface area (Å²) in [5, 5.41) is 7.88. The van der Waals surface area contributed by atoms with E-state index < -0.39 is 0 Å². The van der Waals surface area contributed by atoms with Crippen molar-refractivity contribution in [2.45, 2.75) is 25.8 Å². The first kappa shape index (κ1) is 10.3. The first-order chi connectivity index (χ1) is 8.38. The van der Waals surface area contributed by atoms with Crippen LogP contribution in [-0.2, 0) is 6.42 Å². The van der Waals surface area contributed by atoms with Gasteiger partial charge in [0.05, 0.1) is 6.04 Å². The summed E-state index contributed by atoms with van der Waals surface area (Å²) in [6.45, 7) is 3.04. The average molecular weight is 228 g/mol. The molecule has 0 saturated heterocycles. The number of anilines is 1. The van der Waals surface area contributed by atoms with Crippen molar-refractivity contribution in [3.05, 3.63) is 41.7 Å². The maximum Gasteiger partial charge on any atom is 0.221 e. The zero-order valence-corrected chi connectivity index (χ0v) is 9.93. The Morgan fingerprint density at radius 3 is 2.94 bits per heavy atom. The van der Waals surface area contributed by atoms with Gasteiger partial charge in [0.1, 0.15) is 0 Å². The molecule has 4 heteroatoms. The molecule has 17 heavy (non-hydrogen) atoms. The molecule has 1 N–H and O–H groups in total. The minimum absolute atomic E-state index is 0.320. The Balaban J connectivity index is 2.02. The van der Waals surface area contributed by atoms with E-state index in [9.17, 15) is 0 Å². The Morgan fingerprint density at radius 1 is 1.35 bits per heavy atom. The summed E-state index contributed by atoms with van der Waals surface area (Å²) in [5.74, 6) is 1.82. The minimum atomic E-state index is 0.320. The molecular formula is C13H16N4. The lowest BCUT2D eigenvalue weighted by atomic mass is 10.0. The minimum Gasteiger partial charge on any atom is -0.354 e. The molecule has 1 aliphatic rings. The van der Waals surface area contributed by atoms with Gasteiger partial charge in [-0.2, -0.15) is 10.1 Å². The van der Waals surface area contributed by atoms with Crippen LogP contribution in [0, 0.1) is 0 Å². The standard InChI is InChI=1S/C13H16N4/c1-2-12-15-13-14-9-8-11(17(13)16-12)10-6-4-3-5-7-10/h3-7,11H,2,8-9H2,1H3,(H,14,15,16). The number of nitrogens with zero attached hydrogens (tertiary/aromatic N) is 3. The molecule has 1 aromatic carbocycles. The second-order valence-electron chi connectivity index (χ2n) is 4.29. The normalized spacial score (nSPS) is 18.5. The topological polar surface area (TPSA) is 42.7 Å². The van der Waals surface area contributed by atoms with E-state index in [0.29, 0.717) is 6.04 Å². The van der Waals surface area contributed by atoms with Crippen LogP contribution in [0.4, 0.5) is 5.95 Å². The number of hydrogen-bond acceptors (Lipinski definition) is 3. The molecule has 0 saturated carbocycles. The third kappa shape index (κ3) is 1.79. The predicted octanol–water partition coefficient (Wildman–Crippen LogP) is 2.25. The molecule has 0 aliphatic carbocycles. The first-order valence-corrected chi connectivity index (χ1v) is 6.12. The lowest BCUT2D eigenvalue weighted by Gasteiger charge is -2.24. The Bertz CT molecular complexity index is 503. The third-order valence-electron chi connectivity index (χ3n) is 3.17. The van der Waals surface area contributed by atoms with Crippen molar-refractivity contribution in [1.29, 1.82) is 0 Å². The van der Waals surface area contributed by atoms with E-state index in [0.717, 1.165) is 31.2 Å². The van der Waals surface area contributed by atoms with Gasteiger partial charge in [-0.15, -0.1) is 0 Å². The van der Waals surface area contributed by atoms with Crippen LogP contribution in [0.15, 0.2) is 30.3 Å².